The van der Waals surface area contributed by atoms with Gasteiger partial charge in [0.2, 0.25) is 23.6 Å². The summed E-state index contributed by atoms with van der Waals surface area (Å²) in [5.41, 5.74) is 0.224. The molecular weight excluding hydrogens is 338 g/mol. The number of nitrogens with zero attached hydrogens (tertiary/aromatic N) is 2. The number of hydrogen-bond acceptors (Lipinski definition) is 6. The molecule has 2 rings (SSSR count). The molecule has 130 valence electrons. The van der Waals surface area contributed by atoms with Crippen molar-refractivity contribution in [2.24, 2.45) is 0 Å². The van der Waals surface area contributed by atoms with E-state index in [0.29, 0.717) is 0 Å². The molecule has 10 heteroatoms. The standard InChI is InChI=1S/C14H17N3O6S/c1-6(2)11(14(22)23)16-12(21)10(15-7(3)18)13(16)24-17-8(19)4-5-9(17)20/h10-11,13H,1,4-5H2,2-3H3,(H,15,18)(H,22,23). The second-order valence-electron chi connectivity index (χ2n) is 5.59. The molecule has 0 spiro atoms. The Labute approximate surface area is 142 Å². The van der Waals surface area contributed by atoms with Crippen molar-refractivity contribution < 1.29 is 29.1 Å². The second-order valence-corrected chi connectivity index (χ2v) is 6.65. The molecule has 2 N–H and O–H groups in total. The SMILES string of the molecule is C=C(C)C(C(=O)O)N1C(=O)C(NC(C)=O)C1SN1C(=O)CCC1=O. The number of carbonyl (C=O) groups is 5. The molecule has 0 aliphatic carbocycles. The Morgan fingerprint density at radius 2 is 1.79 bits per heavy atom. The molecule has 0 aromatic heterocycles. The van der Waals surface area contributed by atoms with Crippen molar-refractivity contribution in [3.05, 3.63) is 12.2 Å². The third-order valence-corrected chi connectivity index (χ3v) is 4.97. The molecule has 3 unspecified atom stereocenters. The monoisotopic (exact) mass is 355 g/mol. The van der Waals surface area contributed by atoms with Gasteiger partial charge in [-0.1, -0.05) is 6.58 Å². The molecule has 2 heterocycles. The van der Waals surface area contributed by atoms with Gasteiger partial charge in [0.25, 0.3) is 0 Å². The van der Waals surface area contributed by atoms with Gasteiger partial charge in [0.05, 0.1) is 0 Å². The van der Waals surface area contributed by atoms with Crippen molar-refractivity contribution in [1.29, 1.82) is 0 Å². The number of imide groups is 1. The fourth-order valence-corrected chi connectivity index (χ4v) is 3.84. The second kappa shape index (κ2) is 6.63. The summed E-state index contributed by atoms with van der Waals surface area (Å²) in [6, 6.07) is -2.30. The average Bonchev–Trinajstić information content (AvgIpc) is 2.79. The summed E-state index contributed by atoms with van der Waals surface area (Å²) in [5.74, 6) is -3.17. The van der Waals surface area contributed by atoms with Crippen molar-refractivity contribution in [1.82, 2.24) is 14.5 Å². The minimum atomic E-state index is -1.30. The predicted octanol–water partition coefficient (Wildman–Crippen LogP) is -0.514. The molecule has 9 nitrogen and oxygen atoms in total. The zero-order chi connectivity index (χ0) is 18.2. The lowest BCUT2D eigenvalue weighted by molar-refractivity contribution is -0.159. The first-order chi connectivity index (χ1) is 11.1. The Balaban J connectivity index is 2.28. The van der Waals surface area contributed by atoms with Gasteiger partial charge in [-0.3, -0.25) is 19.2 Å². The smallest absolute Gasteiger partial charge is 0.330 e. The Morgan fingerprint density at radius 1 is 1.25 bits per heavy atom. The van der Waals surface area contributed by atoms with E-state index < -0.39 is 47.1 Å². The number of carboxylic acids is 1. The highest BCUT2D eigenvalue weighted by atomic mass is 32.2. The van der Waals surface area contributed by atoms with Gasteiger partial charge in [-0.05, 0) is 24.4 Å². The minimum Gasteiger partial charge on any atom is -0.479 e. The van der Waals surface area contributed by atoms with Crippen LogP contribution in [0.3, 0.4) is 0 Å². The minimum absolute atomic E-state index is 0.0696. The van der Waals surface area contributed by atoms with Crippen LogP contribution < -0.4 is 5.32 Å². The molecule has 4 amide bonds. The highest BCUT2D eigenvalue weighted by molar-refractivity contribution is 7.98. The summed E-state index contributed by atoms with van der Waals surface area (Å²) in [6.07, 6.45) is 0.139. The molecule has 3 atom stereocenters. The first-order valence-corrected chi connectivity index (χ1v) is 7.98. The molecule has 0 aromatic rings. The predicted molar refractivity (Wildman–Crippen MR) is 83.2 cm³/mol. The first-order valence-electron chi connectivity index (χ1n) is 7.15. The number of β-lactam (4-membered cyclic amide) rings is 1. The van der Waals surface area contributed by atoms with E-state index in [1.54, 1.807) is 0 Å². The third kappa shape index (κ3) is 3.14. The van der Waals surface area contributed by atoms with Gasteiger partial charge >= 0.3 is 5.97 Å². The molecular formula is C14H17N3O6S. The van der Waals surface area contributed by atoms with Crippen LogP contribution in [0.2, 0.25) is 0 Å². The number of likely N-dealkylation sites (tertiary alicyclic amines) is 1. The topological polar surface area (TPSA) is 124 Å². The van der Waals surface area contributed by atoms with Crippen molar-refractivity contribution in [3.8, 4) is 0 Å². The first kappa shape index (κ1) is 18.0. The lowest BCUT2D eigenvalue weighted by Crippen LogP contribution is -2.73. The molecule has 2 aliphatic heterocycles. The molecule has 0 bridgehead atoms. The third-order valence-electron chi connectivity index (χ3n) is 3.64. The van der Waals surface area contributed by atoms with Crippen LogP contribution in [0.1, 0.15) is 26.7 Å². The lowest BCUT2D eigenvalue weighted by atomic mass is 9.99. The van der Waals surface area contributed by atoms with Gasteiger partial charge in [0.15, 0.2) is 6.04 Å². The number of carboxylic acid groups (broad SMARTS) is 1. The van der Waals surface area contributed by atoms with E-state index in [4.69, 9.17) is 0 Å². The Morgan fingerprint density at radius 3 is 2.21 bits per heavy atom. The number of hydrogen-bond donors (Lipinski definition) is 2. The summed E-state index contributed by atoms with van der Waals surface area (Å²) < 4.78 is 0.927. The maximum atomic E-state index is 12.3. The van der Waals surface area contributed by atoms with Crippen molar-refractivity contribution in [3.63, 3.8) is 0 Å². The van der Waals surface area contributed by atoms with E-state index in [1.807, 2.05) is 0 Å². The molecule has 2 fully saturated rings. The summed E-state index contributed by atoms with van der Waals surface area (Å²) in [7, 11) is 0. The normalized spacial score (nSPS) is 24.7. The van der Waals surface area contributed by atoms with Crippen LogP contribution in [0.4, 0.5) is 0 Å². The maximum absolute atomic E-state index is 12.3. The number of carbonyl (C=O) groups excluding carboxylic acids is 4. The van der Waals surface area contributed by atoms with Crippen LogP contribution in [0.15, 0.2) is 12.2 Å². The van der Waals surface area contributed by atoms with Crippen LogP contribution in [0.25, 0.3) is 0 Å². The average molecular weight is 355 g/mol. The zero-order valence-electron chi connectivity index (χ0n) is 13.1. The fraction of sp³-hybridized carbons (Fsp3) is 0.500. The van der Waals surface area contributed by atoms with E-state index in [0.717, 1.165) is 21.2 Å². The summed E-state index contributed by atoms with van der Waals surface area (Å²) in [4.78, 5) is 59.6. The largest absolute Gasteiger partial charge is 0.479 e. The molecule has 0 saturated carbocycles. The van der Waals surface area contributed by atoms with Gasteiger partial charge in [-0.25, -0.2) is 9.10 Å². The zero-order valence-corrected chi connectivity index (χ0v) is 14.0. The Hall–Kier alpha value is -2.36. The maximum Gasteiger partial charge on any atom is 0.330 e. The number of nitrogens with one attached hydrogen (secondary N) is 1. The summed E-state index contributed by atoms with van der Waals surface area (Å²) >= 11 is 0.755. The van der Waals surface area contributed by atoms with Crippen LogP contribution >= 0.6 is 11.9 Å². The molecule has 0 aromatic carbocycles. The van der Waals surface area contributed by atoms with E-state index in [1.165, 1.54) is 13.8 Å². The van der Waals surface area contributed by atoms with Crippen LogP contribution in [-0.2, 0) is 24.0 Å². The van der Waals surface area contributed by atoms with Crippen LogP contribution in [0, 0.1) is 0 Å². The van der Waals surface area contributed by atoms with Gasteiger partial charge in [0.1, 0.15) is 11.4 Å². The Kier molecular flexibility index (Phi) is 4.97. The number of rotatable bonds is 6. The number of amides is 4. The highest BCUT2D eigenvalue weighted by Crippen LogP contribution is 2.37. The number of aliphatic carboxylic acids is 1. The molecule has 0 radical (unpaired) electrons. The summed E-state index contributed by atoms with van der Waals surface area (Å²) in [6.45, 7) is 6.26. The van der Waals surface area contributed by atoms with Gasteiger partial charge < -0.3 is 15.3 Å². The van der Waals surface area contributed by atoms with Gasteiger partial charge in [-0.2, -0.15) is 0 Å². The molecule has 24 heavy (non-hydrogen) atoms. The van der Waals surface area contributed by atoms with E-state index in [9.17, 15) is 29.1 Å². The summed E-state index contributed by atoms with van der Waals surface area (Å²) in [5, 5.41) is 10.9. The van der Waals surface area contributed by atoms with E-state index >= 15 is 0 Å². The molecule has 2 aliphatic rings. The van der Waals surface area contributed by atoms with Crippen LogP contribution in [0.5, 0.6) is 0 Å². The van der Waals surface area contributed by atoms with Crippen molar-refractivity contribution in [2.45, 2.75) is 44.1 Å². The van der Waals surface area contributed by atoms with Gasteiger partial charge in [0, 0.05) is 19.8 Å². The quantitative estimate of drug-likeness (QED) is 0.284. The van der Waals surface area contributed by atoms with Crippen molar-refractivity contribution in [2.75, 3.05) is 0 Å². The van der Waals surface area contributed by atoms with Crippen LogP contribution in [-0.4, -0.2) is 61.4 Å². The van der Waals surface area contributed by atoms with Crippen molar-refractivity contribution >= 4 is 41.5 Å². The fourth-order valence-electron chi connectivity index (χ4n) is 2.57. The lowest BCUT2D eigenvalue weighted by Gasteiger charge is -2.49. The van der Waals surface area contributed by atoms with E-state index in [-0.39, 0.29) is 18.4 Å². The molecule has 2 saturated heterocycles. The van der Waals surface area contributed by atoms with E-state index in [2.05, 4.69) is 11.9 Å². The Bertz CT molecular complexity index is 618. The van der Waals surface area contributed by atoms with Gasteiger partial charge in [-0.15, -0.1) is 0 Å². The highest BCUT2D eigenvalue weighted by Gasteiger charge is 2.55.